The van der Waals surface area contributed by atoms with Crippen LogP contribution in [0.3, 0.4) is 0 Å². The van der Waals surface area contributed by atoms with Crippen molar-refractivity contribution in [2.75, 3.05) is 0 Å². The van der Waals surface area contributed by atoms with Crippen LogP contribution in [0.2, 0.25) is 0 Å². The third-order valence-corrected chi connectivity index (χ3v) is 3.80. The number of rotatable bonds is 1. The Morgan fingerprint density at radius 3 is 2.74 bits per heavy atom. The van der Waals surface area contributed by atoms with Crippen LogP contribution >= 0.6 is 0 Å². The van der Waals surface area contributed by atoms with Gasteiger partial charge in [0.15, 0.2) is 0 Å². The topological polar surface area (TPSA) is 39.8 Å². The van der Waals surface area contributed by atoms with Gasteiger partial charge in [0.2, 0.25) is 5.95 Å². The predicted octanol–water partition coefficient (Wildman–Crippen LogP) is 2.50. The van der Waals surface area contributed by atoms with E-state index in [0.29, 0.717) is 11.9 Å². The van der Waals surface area contributed by atoms with E-state index in [2.05, 4.69) is 18.9 Å². The molecule has 0 spiro atoms. The Morgan fingerprint density at radius 1 is 1.42 bits per heavy atom. The minimum Gasteiger partial charge on any atom is -0.320 e. The Morgan fingerprint density at radius 2 is 2.11 bits per heavy atom. The SMILES string of the molecule is CC(C)n1ncc2c3n(c(F)c2c1=O)CC(C)(C)C3. The first kappa shape index (κ1) is 12.4. The Hall–Kier alpha value is -1.65. The molecule has 102 valence electrons. The van der Waals surface area contributed by atoms with Gasteiger partial charge >= 0.3 is 0 Å². The first-order chi connectivity index (χ1) is 8.82. The molecule has 2 aromatic rings. The summed E-state index contributed by atoms with van der Waals surface area (Å²) in [6, 6.07) is -0.0671. The maximum absolute atomic E-state index is 14.5. The van der Waals surface area contributed by atoms with Gasteiger partial charge in [0.05, 0.1) is 12.2 Å². The molecule has 0 atom stereocenters. The van der Waals surface area contributed by atoms with Crippen molar-refractivity contribution in [3.8, 4) is 0 Å². The van der Waals surface area contributed by atoms with E-state index >= 15 is 0 Å². The highest BCUT2D eigenvalue weighted by atomic mass is 19.1. The molecule has 0 saturated carbocycles. The highest BCUT2D eigenvalue weighted by molar-refractivity contribution is 5.85. The van der Waals surface area contributed by atoms with Crippen LogP contribution in [-0.4, -0.2) is 14.3 Å². The summed E-state index contributed by atoms with van der Waals surface area (Å²) in [6.45, 7) is 8.56. The van der Waals surface area contributed by atoms with Gasteiger partial charge in [0.1, 0.15) is 5.39 Å². The summed E-state index contributed by atoms with van der Waals surface area (Å²) in [5.41, 5.74) is 0.611. The van der Waals surface area contributed by atoms with Crippen molar-refractivity contribution >= 4 is 10.8 Å². The largest absolute Gasteiger partial charge is 0.320 e. The van der Waals surface area contributed by atoms with E-state index in [0.717, 1.165) is 12.1 Å². The zero-order chi connectivity index (χ0) is 13.9. The smallest absolute Gasteiger partial charge is 0.279 e. The molecule has 0 aromatic carbocycles. The van der Waals surface area contributed by atoms with Crippen molar-refractivity contribution in [3.63, 3.8) is 0 Å². The Kier molecular flexibility index (Phi) is 2.40. The lowest BCUT2D eigenvalue weighted by atomic mass is 9.90. The molecule has 0 saturated heterocycles. The van der Waals surface area contributed by atoms with Crippen LogP contribution in [-0.2, 0) is 13.0 Å². The molecule has 4 nitrogen and oxygen atoms in total. The van der Waals surface area contributed by atoms with Crippen molar-refractivity contribution in [3.05, 3.63) is 28.2 Å². The molecular weight excluding hydrogens is 245 g/mol. The molecule has 0 unspecified atom stereocenters. The van der Waals surface area contributed by atoms with Gasteiger partial charge in [-0.1, -0.05) is 13.8 Å². The fraction of sp³-hybridized carbons (Fsp3) is 0.571. The predicted molar refractivity (Wildman–Crippen MR) is 71.8 cm³/mol. The highest BCUT2D eigenvalue weighted by Crippen LogP contribution is 2.37. The summed E-state index contributed by atoms with van der Waals surface area (Å²) in [5, 5.41) is 5.03. The molecule has 0 aliphatic carbocycles. The monoisotopic (exact) mass is 263 g/mol. The molecular formula is C14H18FN3O. The highest BCUT2D eigenvalue weighted by Gasteiger charge is 2.34. The van der Waals surface area contributed by atoms with Crippen LogP contribution in [0.15, 0.2) is 11.0 Å². The molecule has 0 N–H and O–H groups in total. The first-order valence-electron chi connectivity index (χ1n) is 6.60. The van der Waals surface area contributed by atoms with Crippen molar-refractivity contribution < 1.29 is 4.39 Å². The second-order valence-corrected chi connectivity index (χ2v) is 6.44. The molecule has 1 aliphatic heterocycles. The van der Waals surface area contributed by atoms with Gasteiger partial charge in [-0.3, -0.25) is 4.79 Å². The minimum atomic E-state index is -0.405. The van der Waals surface area contributed by atoms with Gasteiger partial charge < -0.3 is 4.57 Å². The molecule has 0 fully saturated rings. The molecule has 1 aliphatic rings. The van der Waals surface area contributed by atoms with Gasteiger partial charge in [0, 0.05) is 17.6 Å². The van der Waals surface area contributed by atoms with Crippen molar-refractivity contribution in [1.29, 1.82) is 0 Å². The molecule has 2 aromatic heterocycles. The van der Waals surface area contributed by atoms with E-state index < -0.39 is 5.95 Å². The Labute approximate surface area is 110 Å². The number of hydrogen-bond acceptors (Lipinski definition) is 2. The number of halogens is 1. The van der Waals surface area contributed by atoms with Crippen LogP contribution in [0.25, 0.3) is 10.8 Å². The van der Waals surface area contributed by atoms with Crippen LogP contribution in [0, 0.1) is 11.4 Å². The molecule has 3 rings (SSSR count). The normalized spacial score (nSPS) is 17.4. The molecule has 0 bridgehead atoms. The zero-order valence-electron chi connectivity index (χ0n) is 11.7. The van der Waals surface area contributed by atoms with Gasteiger partial charge in [-0.2, -0.15) is 9.49 Å². The molecule has 19 heavy (non-hydrogen) atoms. The summed E-state index contributed by atoms with van der Waals surface area (Å²) in [4.78, 5) is 12.3. The average molecular weight is 263 g/mol. The molecule has 0 amide bonds. The molecule has 0 radical (unpaired) electrons. The van der Waals surface area contributed by atoms with E-state index in [1.54, 1.807) is 10.8 Å². The lowest BCUT2D eigenvalue weighted by Gasteiger charge is -2.15. The average Bonchev–Trinajstić information content (AvgIpc) is 2.74. The lowest BCUT2D eigenvalue weighted by molar-refractivity contribution is 0.341. The van der Waals surface area contributed by atoms with E-state index in [1.807, 2.05) is 13.8 Å². The summed E-state index contributed by atoms with van der Waals surface area (Å²) < 4.78 is 17.5. The van der Waals surface area contributed by atoms with Crippen molar-refractivity contribution in [2.24, 2.45) is 5.41 Å². The summed E-state index contributed by atoms with van der Waals surface area (Å²) in [7, 11) is 0. The fourth-order valence-electron chi connectivity index (χ4n) is 2.94. The standard InChI is InChI=1S/C14H18FN3O/c1-8(2)18-13(19)11-9(6-16-18)10-5-14(3,4)7-17(10)12(11)15/h6,8H,5,7H2,1-4H3. The minimum absolute atomic E-state index is 0.0390. The Bertz CT molecular complexity index is 724. The quantitative estimate of drug-likeness (QED) is 0.793. The molecule has 5 heteroatoms. The number of nitrogens with zero attached hydrogens (tertiary/aromatic N) is 3. The second kappa shape index (κ2) is 3.68. The third-order valence-electron chi connectivity index (χ3n) is 3.80. The fourth-order valence-corrected chi connectivity index (χ4v) is 2.94. The van der Waals surface area contributed by atoms with E-state index in [1.165, 1.54) is 4.68 Å². The van der Waals surface area contributed by atoms with Gasteiger partial charge in [0.25, 0.3) is 5.56 Å². The molecule has 3 heterocycles. The van der Waals surface area contributed by atoms with Crippen LogP contribution in [0.4, 0.5) is 4.39 Å². The van der Waals surface area contributed by atoms with E-state index in [9.17, 15) is 9.18 Å². The van der Waals surface area contributed by atoms with Crippen LogP contribution in [0.5, 0.6) is 0 Å². The number of fused-ring (bicyclic) bond motifs is 3. The lowest BCUT2D eigenvalue weighted by Crippen LogP contribution is -2.25. The summed E-state index contributed by atoms with van der Waals surface area (Å²) >= 11 is 0. The zero-order valence-corrected chi connectivity index (χ0v) is 11.7. The van der Waals surface area contributed by atoms with Gasteiger partial charge in [-0.15, -0.1) is 0 Å². The summed E-state index contributed by atoms with van der Waals surface area (Å²) in [5.74, 6) is -0.405. The van der Waals surface area contributed by atoms with Crippen LogP contribution < -0.4 is 5.56 Å². The van der Waals surface area contributed by atoms with E-state index in [-0.39, 0.29) is 22.4 Å². The first-order valence-corrected chi connectivity index (χ1v) is 6.60. The number of aromatic nitrogens is 3. The summed E-state index contributed by atoms with van der Waals surface area (Å²) in [6.07, 6.45) is 2.41. The number of hydrogen-bond donors (Lipinski definition) is 0. The van der Waals surface area contributed by atoms with Crippen LogP contribution in [0.1, 0.15) is 39.4 Å². The maximum Gasteiger partial charge on any atom is 0.279 e. The maximum atomic E-state index is 14.5. The van der Waals surface area contributed by atoms with E-state index in [4.69, 9.17) is 0 Å². The third kappa shape index (κ3) is 1.64. The van der Waals surface area contributed by atoms with Crippen molar-refractivity contribution in [1.82, 2.24) is 14.3 Å². The van der Waals surface area contributed by atoms with Gasteiger partial charge in [-0.25, -0.2) is 4.68 Å². The Balaban J connectivity index is 2.34. The van der Waals surface area contributed by atoms with Crippen molar-refractivity contribution in [2.45, 2.75) is 46.7 Å². The second-order valence-electron chi connectivity index (χ2n) is 6.44. The van der Waals surface area contributed by atoms with Gasteiger partial charge in [-0.05, 0) is 25.7 Å².